The molecule has 0 amide bonds. The molecule has 1 saturated heterocycles. The van der Waals surface area contributed by atoms with E-state index in [0.29, 0.717) is 17.6 Å². The van der Waals surface area contributed by atoms with Crippen LogP contribution in [-0.4, -0.2) is 38.2 Å². The highest BCUT2D eigenvalue weighted by molar-refractivity contribution is 5.74. The Labute approximate surface area is 156 Å². The van der Waals surface area contributed by atoms with Crippen LogP contribution in [0.5, 0.6) is 0 Å². The van der Waals surface area contributed by atoms with Gasteiger partial charge in [0.05, 0.1) is 17.2 Å². The molecule has 7 nitrogen and oxygen atoms in total. The SMILES string of the molecule is Cc1ccc(-c2cnnc(N3CCC[C@@H](c4nc5ccccc5[nH]4)C3)n2)o1. The molecule has 1 fully saturated rings. The molecule has 3 aromatic heterocycles. The average Bonchev–Trinajstić information content (AvgIpc) is 3.34. The molecule has 4 aromatic rings. The van der Waals surface area contributed by atoms with E-state index < -0.39 is 0 Å². The third kappa shape index (κ3) is 3.05. The normalized spacial score (nSPS) is 17.5. The number of hydrogen-bond acceptors (Lipinski definition) is 6. The van der Waals surface area contributed by atoms with Gasteiger partial charge >= 0.3 is 0 Å². The first kappa shape index (κ1) is 16.0. The maximum absolute atomic E-state index is 5.67. The molecule has 0 unspecified atom stereocenters. The summed E-state index contributed by atoms with van der Waals surface area (Å²) in [6, 6.07) is 12.0. The predicted molar refractivity (Wildman–Crippen MR) is 103 cm³/mol. The fraction of sp³-hybridized carbons (Fsp3) is 0.300. The summed E-state index contributed by atoms with van der Waals surface area (Å²) in [7, 11) is 0. The minimum Gasteiger partial charge on any atom is -0.460 e. The number of hydrogen-bond donors (Lipinski definition) is 1. The minimum atomic E-state index is 0.323. The predicted octanol–water partition coefficient (Wildman–Crippen LogP) is 3.70. The van der Waals surface area contributed by atoms with E-state index in [9.17, 15) is 0 Å². The van der Waals surface area contributed by atoms with E-state index in [4.69, 9.17) is 9.40 Å². The van der Waals surface area contributed by atoms with Crippen molar-refractivity contribution in [3.05, 3.63) is 54.2 Å². The van der Waals surface area contributed by atoms with Crippen molar-refractivity contribution in [3.8, 4) is 11.5 Å². The fourth-order valence-corrected chi connectivity index (χ4v) is 3.67. The Morgan fingerprint density at radius 3 is 2.93 bits per heavy atom. The quantitative estimate of drug-likeness (QED) is 0.600. The number of anilines is 1. The van der Waals surface area contributed by atoms with E-state index in [1.807, 2.05) is 37.3 Å². The van der Waals surface area contributed by atoms with Crippen LogP contribution in [-0.2, 0) is 0 Å². The van der Waals surface area contributed by atoms with Gasteiger partial charge < -0.3 is 14.3 Å². The number of aromatic nitrogens is 5. The van der Waals surface area contributed by atoms with Crippen LogP contribution in [0.4, 0.5) is 5.95 Å². The zero-order valence-electron chi connectivity index (χ0n) is 15.1. The molecular weight excluding hydrogens is 340 g/mol. The number of H-pyrrole nitrogens is 1. The number of fused-ring (bicyclic) bond motifs is 1. The molecule has 0 saturated carbocycles. The average molecular weight is 360 g/mol. The maximum atomic E-state index is 5.67. The lowest BCUT2D eigenvalue weighted by molar-refractivity contribution is 0.487. The van der Waals surface area contributed by atoms with Gasteiger partial charge in [-0.3, -0.25) is 0 Å². The van der Waals surface area contributed by atoms with E-state index in [-0.39, 0.29) is 0 Å². The molecule has 136 valence electrons. The van der Waals surface area contributed by atoms with Crippen molar-refractivity contribution in [2.75, 3.05) is 18.0 Å². The van der Waals surface area contributed by atoms with Gasteiger partial charge in [-0.1, -0.05) is 12.1 Å². The highest BCUT2D eigenvalue weighted by Gasteiger charge is 2.26. The smallest absolute Gasteiger partial charge is 0.246 e. The first-order valence-corrected chi connectivity index (χ1v) is 9.22. The standard InChI is InChI=1S/C20H20N6O/c1-13-8-9-18(27-13)17-11-21-25-20(24-17)26-10-4-5-14(12-26)19-22-15-6-2-3-7-16(15)23-19/h2-3,6-9,11,14H,4-5,10,12H2,1H3,(H,22,23)/t14-/m1/s1. The number of aromatic amines is 1. The molecule has 1 atom stereocenters. The molecule has 0 aliphatic carbocycles. The van der Waals surface area contributed by atoms with Crippen molar-refractivity contribution >= 4 is 17.0 Å². The number of imidazole rings is 1. The van der Waals surface area contributed by atoms with Gasteiger partial charge in [0.15, 0.2) is 5.76 Å². The monoisotopic (exact) mass is 360 g/mol. The highest BCUT2D eigenvalue weighted by atomic mass is 16.3. The van der Waals surface area contributed by atoms with E-state index in [0.717, 1.165) is 54.3 Å². The van der Waals surface area contributed by atoms with Crippen LogP contribution in [0.25, 0.3) is 22.5 Å². The highest BCUT2D eigenvalue weighted by Crippen LogP contribution is 2.29. The van der Waals surface area contributed by atoms with Gasteiger partial charge in [0.25, 0.3) is 0 Å². The summed E-state index contributed by atoms with van der Waals surface area (Å²) < 4.78 is 5.67. The Kier molecular flexibility index (Phi) is 3.85. The van der Waals surface area contributed by atoms with Crippen molar-refractivity contribution in [1.82, 2.24) is 25.1 Å². The molecule has 1 aromatic carbocycles. The molecular formula is C20H20N6O. The molecule has 27 heavy (non-hydrogen) atoms. The Morgan fingerprint density at radius 2 is 2.07 bits per heavy atom. The molecule has 0 bridgehead atoms. The summed E-state index contributed by atoms with van der Waals surface area (Å²) in [6.07, 6.45) is 3.80. The summed E-state index contributed by atoms with van der Waals surface area (Å²) in [6.45, 7) is 3.66. The van der Waals surface area contributed by atoms with Gasteiger partial charge in [-0.15, -0.1) is 5.10 Å². The van der Waals surface area contributed by atoms with E-state index in [2.05, 4.69) is 31.1 Å². The summed E-state index contributed by atoms with van der Waals surface area (Å²) >= 11 is 0. The topological polar surface area (TPSA) is 83.7 Å². The van der Waals surface area contributed by atoms with Crippen molar-refractivity contribution < 1.29 is 4.42 Å². The molecule has 1 aliphatic heterocycles. The second-order valence-electron chi connectivity index (χ2n) is 6.98. The summed E-state index contributed by atoms with van der Waals surface area (Å²) in [5, 5.41) is 8.40. The van der Waals surface area contributed by atoms with Gasteiger partial charge in [-0.05, 0) is 44.0 Å². The molecule has 0 spiro atoms. The molecule has 4 heterocycles. The van der Waals surface area contributed by atoms with Crippen LogP contribution < -0.4 is 4.90 Å². The van der Waals surface area contributed by atoms with Gasteiger partial charge in [0.1, 0.15) is 17.3 Å². The third-order valence-corrected chi connectivity index (χ3v) is 5.04. The first-order valence-electron chi connectivity index (χ1n) is 9.22. The number of piperidine rings is 1. The second kappa shape index (κ2) is 6.50. The molecule has 1 aliphatic rings. The lowest BCUT2D eigenvalue weighted by Crippen LogP contribution is -2.36. The molecule has 5 rings (SSSR count). The first-order chi connectivity index (χ1) is 13.3. The number of nitrogens with zero attached hydrogens (tertiary/aromatic N) is 5. The maximum Gasteiger partial charge on any atom is 0.246 e. The van der Waals surface area contributed by atoms with Crippen LogP contribution in [0.1, 0.15) is 30.3 Å². The lowest BCUT2D eigenvalue weighted by atomic mass is 9.98. The van der Waals surface area contributed by atoms with Crippen LogP contribution in [0, 0.1) is 6.92 Å². The van der Waals surface area contributed by atoms with Crippen LogP contribution in [0.15, 0.2) is 47.0 Å². The zero-order valence-corrected chi connectivity index (χ0v) is 15.1. The van der Waals surface area contributed by atoms with Gasteiger partial charge in [0, 0.05) is 19.0 Å². The molecule has 0 radical (unpaired) electrons. The number of aryl methyl sites for hydroxylation is 1. The van der Waals surface area contributed by atoms with E-state index in [1.165, 1.54) is 0 Å². The fourth-order valence-electron chi connectivity index (χ4n) is 3.67. The minimum absolute atomic E-state index is 0.323. The van der Waals surface area contributed by atoms with E-state index >= 15 is 0 Å². The Balaban J connectivity index is 1.41. The van der Waals surface area contributed by atoms with Crippen molar-refractivity contribution in [2.24, 2.45) is 0 Å². The van der Waals surface area contributed by atoms with Crippen molar-refractivity contribution in [1.29, 1.82) is 0 Å². The third-order valence-electron chi connectivity index (χ3n) is 5.04. The summed E-state index contributed by atoms with van der Waals surface area (Å²) in [5.41, 5.74) is 2.80. The van der Waals surface area contributed by atoms with Crippen LogP contribution in [0.2, 0.25) is 0 Å². The van der Waals surface area contributed by atoms with Crippen LogP contribution in [0.3, 0.4) is 0 Å². The number of rotatable bonds is 3. The Bertz CT molecular complexity index is 1050. The summed E-state index contributed by atoms with van der Waals surface area (Å²) in [4.78, 5) is 15.1. The number of nitrogens with one attached hydrogen (secondary N) is 1. The van der Waals surface area contributed by atoms with Gasteiger partial charge in [-0.2, -0.15) is 5.10 Å². The van der Waals surface area contributed by atoms with Gasteiger partial charge in [-0.25, -0.2) is 9.97 Å². The number of benzene rings is 1. The second-order valence-corrected chi connectivity index (χ2v) is 6.98. The van der Waals surface area contributed by atoms with Crippen molar-refractivity contribution in [2.45, 2.75) is 25.7 Å². The lowest BCUT2D eigenvalue weighted by Gasteiger charge is -2.31. The zero-order chi connectivity index (χ0) is 18.2. The molecule has 1 N–H and O–H groups in total. The van der Waals surface area contributed by atoms with Crippen molar-refractivity contribution in [3.63, 3.8) is 0 Å². The van der Waals surface area contributed by atoms with Crippen LogP contribution >= 0.6 is 0 Å². The summed E-state index contributed by atoms with van der Waals surface area (Å²) in [5.74, 6) is 3.57. The largest absolute Gasteiger partial charge is 0.460 e. The Morgan fingerprint density at radius 1 is 1.15 bits per heavy atom. The number of para-hydroxylation sites is 2. The van der Waals surface area contributed by atoms with E-state index in [1.54, 1.807) is 6.20 Å². The Hall–Kier alpha value is -3.22. The number of furan rings is 1. The molecule has 7 heteroatoms. The van der Waals surface area contributed by atoms with Gasteiger partial charge in [0.2, 0.25) is 5.95 Å².